The van der Waals surface area contributed by atoms with Gasteiger partial charge in [0.1, 0.15) is 5.75 Å². The van der Waals surface area contributed by atoms with Crippen molar-refractivity contribution in [3.63, 3.8) is 0 Å². The van der Waals surface area contributed by atoms with Crippen LogP contribution in [0.15, 0.2) is 36.5 Å². The van der Waals surface area contributed by atoms with Crippen LogP contribution in [0.5, 0.6) is 5.75 Å². The number of benzene rings is 1. The van der Waals surface area contributed by atoms with Gasteiger partial charge in [-0.1, -0.05) is 17.7 Å². The molecule has 2 aromatic heterocycles. The third-order valence-corrected chi connectivity index (χ3v) is 3.15. The highest BCUT2D eigenvalue weighted by molar-refractivity contribution is 6.32. The Morgan fingerprint density at radius 2 is 2.06 bits per heavy atom. The maximum atomic E-state index is 9.56. The van der Waals surface area contributed by atoms with Crippen molar-refractivity contribution in [1.82, 2.24) is 14.6 Å². The van der Waals surface area contributed by atoms with E-state index in [1.807, 2.05) is 35.7 Å². The average Bonchev–Trinajstić information content (AvgIpc) is 2.78. The maximum Gasteiger partial charge on any atom is 0.168 e. The Labute approximate surface area is 108 Å². The van der Waals surface area contributed by atoms with Gasteiger partial charge < -0.3 is 5.11 Å². The molecule has 0 fully saturated rings. The van der Waals surface area contributed by atoms with Gasteiger partial charge in [-0.2, -0.15) is 0 Å². The van der Waals surface area contributed by atoms with E-state index < -0.39 is 0 Å². The summed E-state index contributed by atoms with van der Waals surface area (Å²) in [7, 11) is 0. The standard InChI is InChI=1S/C13H10ClN3O/c1-8-6-11(18)10(14)7-9(8)13-16-15-12-4-2-3-5-17(12)13/h2-7,18H,1H3. The minimum Gasteiger partial charge on any atom is -0.506 e. The van der Waals surface area contributed by atoms with Crippen LogP contribution >= 0.6 is 11.6 Å². The second-order valence-electron chi connectivity index (χ2n) is 4.07. The Morgan fingerprint density at radius 3 is 2.89 bits per heavy atom. The zero-order valence-corrected chi connectivity index (χ0v) is 10.4. The number of phenols is 1. The minimum absolute atomic E-state index is 0.0757. The van der Waals surface area contributed by atoms with E-state index in [4.69, 9.17) is 11.6 Å². The van der Waals surface area contributed by atoms with E-state index in [0.29, 0.717) is 10.8 Å². The topological polar surface area (TPSA) is 50.4 Å². The van der Waals surface area contributed by atoms with E-state index in [2.05, 4.69) is 10.2 Å². The van der Waals surface area contributed by atoms with E-state index in [-0.39, 0.29) is 5.75 Å². The predicted molar refractivity (Wildman–Crippen MR) is 69.8 cm³/mol. The molecule has 2 heterocycles. The van der Waals surface area contributed by atoms with Crippen LogP contribution in [0.25, 0.3) is 17.0 Å². The molecule has 4 nitrogen and oxygen atoms in total. The molecule has 0 radical (unpaired) electrons. The summed E-state index contributed by atoms with van der Waals surface area (Å²) in [5.41, 5.74) is 2.53. The summed E-state index contributed by atoms with van der Waals surface area (Å²) in [5.74, 6) is 0.789. The van der Waals surface area contributed by atoms with Crippen molar-refractivity contribution in [2.24, 2.45) is 0 Å². The lowest BCUT2D eigenvalue weighted by Gasteiger charge is -2.06. The minimum atomic E-state index is 0.0757. The monoisotopic (exact) mass is 259 g/mol. The van der Waals surface area contributed by atoms with Crippen molar-refractivity contribution in [2.75, 3.05) is 0 Å². The molecular weight excluding hydrogens is 250 g/mol. The predicted octanol–water partition coefficient (Wildman–Crippen LogP) is 3.06. The van der Waals surface area contributed by atoms with Gasteiger partial charge in [0, 0.05) is 11.8 Å². The lowest BCUT2D eigenvalue weighted by atomic mass is 10.1. The van der Waals surface area contributed by atoms with E-state index in [1.165, 1.54) is 0 Å². The second-order valence-corrected chi connectivity index (χ2v) is 4.48. The maximum absolute atomic E-state index is 9.56. The molecule has 90 valence electrons. The Bertz CT molecular complexity index is 736. The van der Waals surface area contributed by atoms with E-state index >= 15 is 0 Å². The molecule has 0 bridgehead atoms. The number of aromatic nitrogens is 3. The van der Waals surface area contributed by atoms with Crippen molar-refractivity contribution >= 4 is 17.2 Å². The van der Waals surface area contributed by atoms with Gasteiger partial charge >= 0.3 is 0 Å². The van der Waals surface area contributed by atoms with E-state index in [0.717, 1.165) is 16.8 Å². The van der Waals surface area contributed by atoms with Gasteiger partial charge in [-0.3, -0.25) is 4.40 Å². The van der Waals surface area contributed by atoms with Gasteiger partial charge in [0.2, 0.25) is 0 Å². The Kier molecular flexibility index (Phi) is 2.45. The van der Waals surface area contributed by atoms with Crippen LogP contribution in [-0.4, -0.2) is 19.7 Å². The summed E-state index contributed by atoms with van der Waals surface area (Å²) in [4.78, 5) is 0. The fraction of sp³-hybridized carbons (Fsp3) is 0.0769. The fourth-order valence-electron chi connectivity index (χ4n) is 1.93. The Morgan fingerprint density at radius 1 is 1.22 bits per heavy atom. The molecule has 1 aromatic carbocycles. The highest BCUT2D eigenvalue weighted by Gasteiger charge is 2.12. The smallest absolute Gasteiger partial charge is 0.168 e. The summed E-state index contributed by atoms with van der Waals surface area (Å²) in [6.45, 7) is 1.90. The first kappa shape index (κ1) is 11.0. The molecule has 0 saturated heterocycles. The number of aryl methyl sites for hydroxylation is 1. The molecule has 3 aromatic rings. The van der Waals surface area contributed by atoms with Crippen LogP contribution in [0.2, 0.25) is 5.02 Å². The quantitative estimate of drug-likeness (QED) is 0.731. The molecule has 0 aliphatic rings. The first-order chi connectivity index (χ1) is 8.66. The molecule has 0 saturated carbocycles. The molecule has 0 amide bonds. The Hall–Kier alpha value is -2.07. The molecule has 0 atom stereocenters. The number of nitrogens with zero attached hydrogens (tertiary/aromatic N) is 3. The highest BCUT2D eigenvalue weighted by Crippen LogP contribution is 2.32. The molecule has 0 spiro atoms. The molecule has 3 rings (SSSR count). The number of rotatable bonds is 1. The molecule has 18 heavy (non-hydrogen) atoms. The number of aromatic hydroxyl groups is 1. The van der Waals surface area contributed by atoms with Crippen LogP contribution in [0.4, 0.5) is 0 Å². The van der Waals surface area contributed by atoms with Crippen molar-refractivity contribution in [3.8, 4) is 17.1 Å². The number of halogens is 1. The largest absolute Gasteiger partial charge is 0.506 e. The van der Waals surface area contributed by atoms with Crippen molar-refractivity contribution < 1.29 is 5.11 Å². The van der Waals surface area contributed by atoms with Gasteiger partial charge in [-0.15, -0.1) is 10.2 Å². The van der Waals surface area contributed by atoms with Gasteiger partial charge in [0.15, 0.2) is 11.5 Å². The zero-order chi connectivity index (χ0) is 12.7. The van der Waals surface area contributed by atoms with Gasteiger partial charge in [0.25, 0.3) is 0 Å². The normalized spacial score (nSPS) is 11.0. The van der Waals surface area contributed by atoms with Gasteiger partial charge in [0.05, 0.1) is 5.02 Å². The van der Waals surface area contributed by atoms with Crippen LogP contribution in [0, 0.1) is 6.92 Å². The van der Waals surface area contributed by atoms with Gasteiger partial charge in [-0.05, 0) is 36.8 Å². The lowest BCUT2D eigenvalue weighted by molar-refractivity contribution is 0.475. The van der Waals surface area contributed by atoms with E-state index in [9.17, 15) is 5.11 Å². The number of fused-ring (bicyclic) bond motifs is 1. The lowest BCUT2D eigenvalue weighted by Crippen LogP contribution is -1.91. The summed E-state index contributed by atoms with van der Waals surface area (Å²) < 4.78 is 1.88. The zero-order valence-electron chi connectivity index (χ0n) is 9.63. The van der Waals surface area contributed by atoms with Crippen LogP contribution < -0.4 is 0 Å². The third-order valence-electron chi connectivity index (χ3n) is 2.85. The number of hydrogen-bond donors (Lipinski definition) is 1. The average molecular weight is 260 g/mol. The van der Waals surface area contributed by atoms with Crippen LogP contribution in [0.1, 0.15) is 5.56 Å². The molecular formula is C13H10ClN3O. The fourth-order valence-corrected chi connectivity index (χ4v) is 2.10. The summed E-state index contributed by atoms with van der Waals surface area (Å²) in [6, 6.07) is 9.03. The molecule has 0 aliphatic carbocycles. The highest BCUT2D eigenvalue weighted by atomic mass is 35.5. The van der Waals surface area contributed by atoms with Crippen molar-refractivity contribution in [1.29, 1.82) is 0 Å². The Balaban J connectivity index is 2.29. The van der Waals surface area contributed by atoms with Crippen molar-refractivity contribution in [3.05, 3.63) is 47.1 Å². The summed E-state index contributed by atoms with van der Waals surface area (Å²) in [6.07, 6.45) is 1.89. The first-order valence-electron chi connectivity index (χ1n) is 5.46. The van der Waals surface area contributed by atoms with Gasteiger partial charge in [-0.25, -0.2) is 0 Å². The number of phenolic OH excluding ortho intramolecular Hbond substituents is 1. The second kappa shape index (κ2) is 3.99. The number of hydrogen-bond acceptors (Lipinski definition) is 3. The first-order valence-corrected chi connectivity index (χ1v) is 5.84. The van der Waals surface area contributed by atoms with E-state index in [1.54, 1.807) is 12.1 Å². The van der Waals surface area contributed by atoms with Crippen LogP contribution in [0.3, 0.4) is 0 Å². The summed E-state index contributed by atoms with van der Waals surface area (Å²) >= 11 is 5.95. The van der Waals surface area contributed by atoms with Crippen molar-refractivity contribution in [2.45, 2.75) is 6.92 Å². The molecule has 0 aliphatic heterocycles. The molecule has 1 N–H and O–H groups in total. The number of pyridine rings is 1. The van der Waals surface area contributed by atoms with Crippen LogP contribution in [-0.2, 0) is 0 Å². The SMILES string of the molecule is Cc1cc(O)c(Cl)cc1-c1nnc2ccccn12. The summed E-state index contributed by atoms with van der Waals surface area (Å²) in [5, 5.41) is 18.1. The third kappa shape index (κ3) is 1.62. The molecule has 0 unspecified atom stereocenters. The molecule has 5 heteroatoms.